The van der Waals surface area contributed by atoms with Gasteiger partial charge in [0.05, 0.1) is 5.70 Å². The topological polar surface area (TPSA) is 46.5 Å². The van der Waals surface area contributed by atoms with Gasteiger partial charge in [0.25, 0.3) is 5.78 Å². The van der Waals surface area contributed by atoms with Gasteiger partial charge in [-0.25, -0.2) is 8.57 Å². The Kier molecular flexibility index (Phi) is 4.56. The third-order valence-corrected chi connectivity index (χ3v) is 2.27. The lowest BCUT2D eigenvalue weighted by Crippen LogP contribution is -2.22. The van der Waals surface area contributed by atoms with Crippen LogP contribution in [0.25, 0.3) is 0 Å². The molecule has 0 bridgehead atoms. The molecule has 0 aromatic carbocycles. The molecule has 0 rings (SSSR count). The molecule has 0 aromatic heterocycles. The van der Waals surface area contributed by atoms with Gasteiger partial charge in [-0.15, -0.1) is 0 Å². The number of hydrogen-bond acceptors (Lipinski definition) is 3. The summed E-state index contributed by atoms with van der Waals surface area (Å²) in [5.41, 5.74) is -0.898. The zero-order valence-corrected chi connectivity index (χ0v) is 11.2. The molecule has 0 aliphatic carbocycles. The third-order valence-electron chi connectivity index (χ3n) is 1.63. The highest BCUT2D eigenvalue weighted by atomic mass is 32.2. The molecule has 0 aliphatic rings. The molecule has 0 N–H and O–H groups in total. The van der Waals surface area contributed by atoms with E-state index >= 15 is 0 Å². The van der Waals surface area contributed by atoms with Crippen LogP contribution in [0.5, 0.6) is 0 Å². The summed E-state index contributed by atoms with van der Waals surface area (Å²) in [6.07, 6.45) is -1.93. The molecule has 0 saturated carbocycles. The number of carbonyl (C=O) groups is 1. The monoisotopic (exact) mass is 271 g/mol. The maximum atomic E-state index is 12.1. The molecule has 7 heteroatoms. The number of rotatable bonds is 2. The van der Waals surface area contributed by atoms with E-state index in [0.717, 1.165) is 0 Å². The highest BCUT2D eigenvalue weighted by Crippen LogP contribution is 2.29. The summed E-state index contributed by atoms with van der Waals surface area (Å²) in [6, 6.07) is 0. The first-order chi connectivity index (χ1) is 7.23. The zero-order valence-electron chi connectivity index (χ0n) is 10.4. The fraction of sp³-hybridized carbons (Fsp3) is 0.700. The van der Waals surface area contributed by atoms with E-state index in [1.54, 1.807) is 20.8 Å². The van der Waals surface area contributed by atoms with Crippen molar-refractivity contribution in [2.45, 2.75) is 26.9 Å². The lowest BCUT2D eigenvalue weighted by Gasteiger charge is -2.19. The van der Waals surface area contributed by atoms with E-state index in [9.17, 15) is 22.2 Å². The van der Waals surface area contributed by atoms with Gasteiger partial charge in [-0.1, -0.05) is 20.8 Å². The minimum Gasteiger partial charge on any atom is -0.285 e. The molecule has 0 spiro atoms. The summed E-state index contributed by atoms with van der Waals surface area (Å²) >= 11 is 0. The standard InChI is InChI=1S/C10H16F3NO2S/c1-9(2,3)7(14-17(4,5)16)6-8(15)10(11,12)13/h6H,1-5H3/b7-6+. The maximum Gasteiger partial charge on any atom is 0.454 e. The number of allylic oxidation sites excluding steroid dienone is 2. The van der Waals surface area contributed by atoms with Gasteiger partial charge in [0.15, 0.2) is 0 Å². The van der Waals surface area contributed by atoms with Crippen LogP contribution >= 0.6 is 0 Å². The second-order valence-corrected chi connectivity index (χ2v) is 7.46. The second-order valence-electron chi connectivity index (χ2n) is 4.91. The minimum atomic E-state index is -4.94. The summed E-state index contributed by atoms with van der Waals surface area (Å²) in [7, 11) is -2.61. The summed E-state index contributed by atoms with van der Waals surface area (Å²) in [5, 5.41) is 0. The SMILES string of the molecule is CC(C)(C)/C(=C\C(=O)C(F)(F)F)N=S(C)(C)=O. The van der Waals surface area contributed by atoms with E-state index in [1.165, 1.54) is 12.5 Å². The second kappa shape index (κ2) is 4.80. The largest absolute Gasteiger partial charge is 0.454 e. The highest BCUT2D eigenvalue weighted by molar-refractivity contribution is 7.92. The molecule has 0 fully saturated rings. The molecule has 17 heavy (non-hydrogen) atoms. The predicted octanol–water partition coefficient (Wildman–Crippen LogP) is 2.78. The third kappa shape index (κ3) is 6.45. The first-order valence-corrected chi connectivity index (χ1v) is 7.07. The van der Waals surface area contributed by atoms with Crippen LogP contribution in [0.2, 0.25) is 0 Å². The molecule has 0 aromatic rings. The Hall–Kier alpha value is -0.850. The Morgan fingerprint density at radius 1 is 1.18 bits per heavy atom. The highest BCUT2D eigenvalue weighted by Gasteiger charge is 2.37. The van der Waals surface area contributed by atoms with Crippen LogP contribution < -0.4 is 0 Å². The van der Waals surface area contributed by atoms with Gasteiger partial charge in [0, 0.05) is 33.7 Å². The first kappa shape index (κ1) is 16.1. The van der Waals surface area contributed by atoms with Crippen molar-refractivity contribution in [1.82, 2.24) is 0 Å². The quantitative estimate of drug-likeness (QED) is 0.725. The predicted molar refractivity (Wildman–Crippen MR) is 61.0 cm³/mol. The van der Waals surface area contributed by atoms with Crippen LogP contribution in [0.1, 0.15) is 20.8 Å². The normalized spacial score (nSPS) is 14.7. The summed E-state index contributed by atoms with van der Waals surface area (Å²) in [5.74, 6) is -1.99. The molecule has 0 radical (unpaired) electrons. The average Bonchev–Trinajstić information content (AvgIpc) is 1.96. The fourth-order valence-electron chi connectivity index (χ4n) is 0.823. The number of carbonyl (C=O) groups excluding carboxylic acids is 1. The zero-order chi connectivity index (χ0) is 14.1. The summed E-state index contributed by atoms with van der Waals surface area (Å²) in [4.78, 5) is 10.9. The van der Waals surface area contributed by atoms with Gasteiger partial charge in [-0.2, -0.15) is 13.2 Å². The molecule has 0 saturated heterocycles. The summed E-state index contributed by atoms with van der Waals surface area (Å²) < 4.78 is 51.5. The molecule has 3 nitrogen and oxygen atoms in total. The van der Waals surface area contributed by atoms with Crippen LogP contribution in [-0.4, -0.2) is 28.7 Å². The van der Waals surface area contributed by atoms with E-state index in [-0.39, 0.29) is 5.70 Å². The van der Waals surface area contributed by atoms with Crippen molar-refractivity contribution in [3.8, 4) is 0 Å². The molecule has 0 unspecified atom stereocenters. The molecular formula is C10H16F3NO2S. The van der Waals surface area contributed by atoms with Gasteiger partial charge in [-0.05, 0) is 0 Å². The Morgan fingerprint density at radius 3 is 1.82 bits per heavy atom. The van der Waals surface area contributed by atoms with E-state index in [2.05, 4.69) is 4.36 Å². The average molecular weight is 271 g/mol. The lowest BCUT2D eigenvalue weighted by atomic mass is 9.91. The Bertz CT molecular complexity index is 441. The molecule has 0 amide bonds. The lowest BCUT2D eigenvalue weighted by molar-refractivity contribution is -0.165. The fourth-order valence-corrected chi connectivity index (χ4v) is 1.62. The maximum absolute atomic E-state index is 12.1. The molecule has 100 valence electrons. The van der Waals surface area contributed by atoms with Crippen LogP contribution in [0.3, 0.4) is 0 Å². The summed E-state index contributed by atoms with van der Waals surface area (Å²) in [6.45, 7) is 4.78. The van der Waals surface area contributed by atoms with Crippen molar-refractivity contribution in [2.75, 3.05) is 12.5 Å². The Balaban J connectivity index is 5.63. The van der Waals surface area contributed by atoms with Gasteiger partial charge < -0.3 is 0 Å². The van der Waals surface area contributed by atoms with Gasteiger partial charge >= 0.3 is 6.18 Å². The number of nitrogens with zero attached hydrogens (tertiary/aromatic N) is 1. The van der Waals surface area contributed by atoms with Gasteiger partial charge in [0.2, 0.25) is 0 Å². The van der Waals surface area contributed by atoms with Gasteiger partial charge in [-0.3, -0.25) is 4.79 Å². The van der Waals surface area contributed by atoms with E-state index < -0.39 is 27.1 Å². The molecule has 0 atom stereocenters. The smallest absolute Gasteiger partial charge is 0.285 e. The van der Waals surface area contributed by atoms with Crippen molar-refractivity contribution in [3.63, 3.8) is 0 Å². The van der Waals surface area contributed by atoms with E-state index in [4.69, 9.17) is 0 Å². The van der Waals surface area contributed by atoms with Crippen molar-refractivity contribution in [1.29, 1.82) is 0 Å². The Morgan fingerprint density at radius 2 is 1.59 bits per heavy atom. The minimum absolute atomic E-state index is 0.116. The van der Waals surface area contributed by atoms with Gasteiger partial charge in [0.1, 0.15) is 0 Å². The Labute approximate surface area is 99.3 Å². The van der Waals surface area contributed by atoms with Crippen LogP contribution in [0.15, 0.2) is 16.1 Å². The number of hydrogen-bond donors (Lipinski definition) is 0. The number of halogens is 3. The van der Waals surface area contributed by atoms with Crippen molar-refractivity contribution < 1.29 is 22.2 Å². The van der Waals surface area contributed by atoms with Crippen LogP contribution in [0, 0.1) is 5.41 Å². The molecular weight excluding hydrogens is 255 g/mol. The van der Waals surface area contributed by atoms with E-state index in [0.29, 0.717) is 6.08 Å². The number of ketones is 1. The number of alkyl halides is 3. The molecule has 0 aliphatic heterocycles. The van der Waals surface area contributed by atoms with Crippen molar-refractivity contribution in [2.24, 2.45) is 9.78 Å². The van der Waals surface area contributed by atoms with Crippen LogP contribution in [0.4, 0.5) is 13.2 Å². The first-order valence-electron chi connectivity index (χ1n) is 4.74. The molecule has 0 heterocycles. The van der Waals surface area contributed by atoms with Crippen molar-refractivity contribution >= 4 is 15.5 Å². The van der Waals surface area contributed by atoms with Crippen LogP contribution in [-0.2, 0) is 14.5 Å². The van der Waals surface area contributed by atoms with E-state index in [1.807, 2.05) is 0 Å². The van der Waals surface area contributed by atoms with Crippen molar-refractivity contribution in [3.05, 3.63) is 11.8 Å².